The second-order valence-electron chi connectivity index (χ2n) is 3.35. The average molecular weight is 198 g/mol. The Labute approximate surface area is 85.1 Å². The molecular weight excluding hydrogens is 182 g/mol. The Bertz CT molecular complexity index is 243. The van der Waals surface area contributed by atoms with Gasteiger partial charge in [0, 0.05) is 11.1 Å². The van der Waals surface area contributed by atoms with Gasteiger partial charge in [-0.15, -0.1) is 0 Å². The van der Waals surface area contributed by atoms with Crippen LogP contribution in [0.1, 0.15) is 18.9 Å². The maximum Gasteiger partial charge on any atom is 0.0406 e. The van der Waals surface area contributed by atoms with E-state index in [-0.39, 0.29) is 0 Å². The maximum absolute atomic E-state index is 5.79. The number of hydrogen-bond donors (Lipinski definition) is 1. The second kappa shape index (κ2) is 5.25. The van der Waals surface area contributed by atoms with Crippen molar-refractivity contribution in [3.8, 4) is 0 Å². The van der Waals surface area contributed by atoms with Gasteiger partial charge in [0.25, 0.3) is 0 Å². The van der Waals surface area contributed by atoms with E-state index < -0.39 is 0 Å². The van der Waals surface area contributed by atoms with Gasteiger partial charge in [-0.1, -0.05) is 23.7 Å². The van der Waals surface area contributed by atoms with Gasteiger partial charge in [0.1, 0.15) is 0 Å². The van der Waals surface area contributed by atoms with Gasteiger partial charge >= 0.3 is 0 Å². The predicted molar refractivity (Wildman–Crippen MR) is 58.3 cm³/mol. The molecule has 1 nitrogen and oxygen atoms in total. The molecule has 13 heavy (non-hydrogen) atoms. The van der Waals surface area contributed by atoms with Crippen molar-refractivity contribution < 1.29 is 0 Å². The number of hydrogen-bond acceptors (Lipinski definition) is 1. The lowest BCUT2D eigenvalue weighted by molar-refractivity contribution is 0.565. The highest BCUT2D eigenvalue weighted by Gasteiger charge is 1.98. The summed E-state index contributed by atoms with van der Waals surface area (Å²) in [6.45, 7) is 2.19. The topological polar surface area (TPSA) is 12.0 Å². The summed E-state index contributed by atoms with van der Waals surface area (Å²) in [5, 5.41) is 4.03. The fourth-order valence-corrected chi connectivity index (χ4v) is 1.30. The normalized spacial score (nSPS) is 12.8. The molecule has 72 valence electrons. The smallest absolute Gasteiger partial charge is 0.0406 e. The van der Waals surface area contributed by atoms with E-state index in [0.717, 1.165) is 17.9 Å². The molecule has 0 spiro atoms. The molecule has 0 bridgehead atoms. The summed E-state index contributed by atoms with van der Waals surface area (Å²) in [7, 11) is 1.99. The molecule has 1 aromatic carbocycles. The molecule has 0 aliphatic carbocycles. The summed E-state index contributed by atoms with van der Waals surface area (Å²) < 4.78 is 0. The minimum Gasteiger partial charge on any atom is -0.317 e. The maximum atomic E-state index is 5.79. The van der Waals surface area contributed by atoms with Gasteiger partial charge in [0.15, 0.2) is 0 Å². The Morgan fingerprint density at radius 2 is 1.92 bits per heavy atom. The van der Waals surface area contributed by atoms with E-state index in [1.54, 1.807) is 0 Å². The number of aryl methyl sites for hydroxylation is 1. The summed E-state index contributed by atoms with van der Waals surface area (Å²) in [5.41, 5.74) is 1.35. The van der Waals surface area contributed by atoms with Crippen LogP contribution in [0.25, 0.3) is 0 Å². The third-order valence-corrected chi connectivity index (χ3v) is 2.52. The second-order valence-corrected chi connectivity index (χ2v) is 3.79. The van der Waals surface area contributed by atoms with Crippen LogP contribution in [0.3, 0.4) is 0 Å². The Kier molecular flexibility index (Phi) is 4.26. The van der Waals surface area contributed by atoms with Gasteiger partial charge in [0.2, 0.25) is 0 Å². The van der Waals surface area contributed by atoms with E-state index in [1.165, 1.54) is 5.56 Å². The van der Waals surface area contributed by atoms with Gasteiger partial charge in [0.05, 0.1) is 0 Å². The van der Waals surface area contributed by atoms with Crippen molar-refractivity contribution in [2.45, 2.75) is 25.8 Å². The molecule has 1 aromatic rings. The fraction of sp³-hybridized carbons (Fsp3) is 0.455. The molecule has 1 N–H and O–H groups in total. The number of benzene rings is 1. The van der Waals surface area contributed by atoms with Gasteiger partial charge < -0.3 is 5.32 Å². The summed E-state index contributed by atoms with van der Waals surface area (Å²) in [6.07, 6.45) is 2.28. The van der Waals surface area contributed by atoms with Crippen LogP contribution < -0.4 is 5.32 Å². The number of nitrogens with one attached hydrogen (secondary N) is 1. The van der Waals surface area contributed by atoms with Crippen molar-refractivity contribution in [3.63, 3.8) is 0 Å². The molecule has 1 rings (SSSR count). The van der Waals surface area contributed by atoms with Crippen molar-refractivity contribution in [1.29, 1.82) is 0 Å². The zero-order valence-electron chi connectivity index (χ0n) is 8.18. The highest BCUT2D eigenvalue weighted by atomic mass is 35.5. The Balaban J connectivity index is 2.41. The molecule has 0 amide bonds. The van der Waals surface area contributed by atoms with Crippen LogP contribution in [0, 0.1) is 0 Å². The standard InChI is InChI=1S/C11H16ClN/c1-9(13-2)3-4-10-5-7-11(12)8-6-10/h5-9,13H,3-4H2,1-2H3. The molecule has 1 atom stereocenters. The van der Waals surface area contributed by atoms with Crippen molar-refractivity contribution in [2.24, 2.45) is 0 Å². The van der Waals surface area contributed by atoms with Crippen LogP contribution in [-0.2, 0) is 6.42 Å². The Hall–Kier alpha value is -0.530. The largest absolute Gasteiger partial charge is 0.317 e. The van der Waals surface area contributed by atoms with Crippen LogP contribution in [0.5, 0.6) is 0 Å². The molecule has 0 radical (unpaired) electrons. The van der Waals surface area contributed by atoms with Crippen LogP contribution in [0.15, 0.2) is 24.3 Å². The van der Waals surface area contributed by atoms with Gasteiger partial charge in [-0.05, 0) is 44.5 Å². The first-order chi connectivity index (χ1) is 6.22. The molecule has 0 saturated carbocycles. The third kappa shape index (κ3) is 3.79. The Morgan fingerprint density at radius 1 is 1.31 bits per heavy atom. The molecule has 0 aliphatic rings. The quantitative estimate of drug-likeness (QED) is 0.783. The van der Waals surface area contributed by atoms with Gasteiger partial charge in [-0.2, -0.15) is 0 Å². The van der Waals surface area contributed by atoms with E-state index in [2.05, 4.69) is 24.4 Å². The highest BCUT2D eigenvalue weighted by Crippen LogP contribution is 2.11. The molecule has 0 heterocycles. The van der Waals surface area contributed by atoms with E-state index in [1.807, 2.05) is 19.2 Å². The first-order valence-corrected chi connectivity index (χ1v) is 5.02. The average Bonchev–Trinajstić information content (AvgIpc) is 2.16. The Morgan fingerprint density at radius 3 is 2.46 bits per heavy atom. The van der Waals surface area contributed by atoms with E-state index in [4.69, 9.17) is 11.6 Å². The van der Waals surface area contributed by atoms with Crippen molar-refractivity contribution >= 4 is 11.6 Å². The molecule has 1 unspecified atom stereocenters. The van der Waals surface area contributed by atoms with Crippen LogP contribution in [-0.4, -0.2) is 13.1 Å². The summed E-state index contributed by atoms with van der Waals surface area (Å²) in [5.74, 6) is 0. The van der Waals surface area contributed by atoms with Crippen molar-refractivity contribution in [1.82, 2.24) is 5.32 Å². The molecule has 0 saturated heterocycles. The first kappa shape index (κ1) is 10.6. The zero-order valence-corrected chi connectivity index (χ0v) is 8.93. The lowest BCUT2D eigenvalue weighted by atomic mass is 10.1. The van der Waals surface area contributed by atoms with Crippen LogP contribution >= 0.6 is 11.6 Å². The molecular formula is C11H16ClN. The lowest BCUT2D eigenvalue weighted by Gasteiger charge is -2.09. The summed E-state index contributed by atoms with van der Waals surface area (Å²) in [4.78, 5) is 0. The summed E-state index contributed by atoms with van der Waals surface area (Å²) >= 11 is 5.79. The van der Waals surface area contributed by atoms with E-state index in [0.29, 0.717) is 6.04 Å². The minimum absolute atomic E-state index is 0.579. The van der Waals surface area contributed by atoms with Crippen LogP contribution in [0.4, 0.5) is 0 Å². The van der Waals surface area contributed by atoms with E-state index >= 15 is 0 Å². The monoisotopic (exact) mass is 197 g/mol. The number of halogens is 1. The highest BCUT2D eigenvalue weighted by molar-refractivity contribution is 6.30. The summed E-state index contributed by atoms with van der Waals surface area (Å²) in [6, 6.07) is 8.65. The van der Waals surface area contributed by atoms with Gasteiger partial charge in [-0.25, -0.2) is 0 Å². The minimum atomic E-state index is 0.579. The number of rotatable bonds is 4. The SMILES string of the molecule is CNC(C)CCc1ccc(Cl)cc1. The van der Waals surface area contributed by atoms with Crippen molar-refractivity contribution in [2.75, 3.05) is 7.05 Å². The third-order valence-electron chi connectivity index (χ3n) is 2.27. The molecule has 0 aromatic heterocycles. The zero-order chi connectivity index (χ0) is 9.68. The molecule has 0 aliphatic heterocycles. The molecule has 0 fully saturated rings. The van der Waals surface area contributed by atoms with Crippen molar-refractivity contribution in [3.05, 3.63) is 34.9 Å². The first-order valence-electron chi connectivity index (χ1n) is 4.64. The van der Waals surface area contributed by atoms with Gasteiger partial charge in [-0.3, -0.25) is 0 Å². The van der Waals surface area contributed by atoms with Crippen LogP contribution in [0.2, 0.25) is 5.02 Å². The molecule has 2 heteroatoms. The lowest BCUT2D eigenvalue weighted by Crippen LogP contribution is -2.21. The fourth-order valence-electron chi connectivity index (χ4n) is 1.18. The van der Waals surface area contributed by atoms with E-state index in [9.17, 15) is 0 Å². The predicted octanol–water partition coefficient (Wildman–Crippen LogP) is 2.88.